The van der Waals surface area contributed by atoms with Gasteiger partial charge in [-0.05, 0) is 89.8 Å². The first-order valence-electron chi connectivity index (χ1n) is 15.8. The first kappa shape index (κ1) is 32.7. The lowest BCUT2D eigenvalue weighted by Gasteiger charge is -2.32. The predicted molar refractivity (Wildman–Crippen MR) is 165 cm³/mol. The van der Waals surface area contributed by atoms with Gasteiger partial charge in [0.25, 0.3) is 0 Å². The summed E-state index contributed by atoms with van der Waals surface area (Å²) in [6, 6.07) is 5.84. The third-order valence-electron chi connectivity index (χ3n) is 8.47. The van der Waals surface area contributed by atoms with Gasteiger partial charge in [-0.25, -0.2) is 0 Å². The molecule has 238 valence electrons. The highest BCUT2D eigenvalue weighted by Gasteiger charge is 2.28. The molecular weight excluding hydrogens is 552 g/mol. The van der Waals surface area contributed by atoms with Crippen LogP contribution in [0.25, 0.3) is 0 Å². The van der Waals surface area contributed by atoms with E-state index in [4.69, 9.17) is 9.47 Å². The molecule has 0 radical (unpaired) electrons. The number of anilines is 3. The van der Waals surface area contributed by atoms with Crippen LogP contribution in [0.3, 0.4) is 0 Å². The second kappa shape index (κ2) is 16.6. The van der Waals surface area contributed by atoms with Crippen LogP contribution in [0.1, 0.15) is 46.0 Å². The summed E-state index contributed by atoms with van der Waals surface area (Å²) in [7, 11) is 0. The largest absolute Gasteiger partial charge is 0.465 e. The summed E-state index contributed by atoms with van der Waals surface area (Å²) in [6.45, 7) is 11.2. The van der Waals surface area contributed by atoms with E-state index in [1.54, 1.807) is 13.8 Å². The first-order valence-corrected chi connectivity index (χ1v) is 15.8. The number of amides is 2. The third-order valence-corrected chi connectivity index (χ3v) is 8.47. The van der Waals surface area contributed by atoms with Crippen molar-refractivity contribution in [3.8, 4) is 0 Å². The predicted octanol–water partition coefficient (Wildman–Crippen LogP) is 1.91. The second-order valence-electron chi connectivity index (χ2n) is 11.6. The van der Waals surface area contributed by atoms with Crippen molar-refractivity contribution in [3.05, 3.63) is 18.2 Å². The molecule has 1 aromatic rings. The number of carbonyl (C=O) groups is 4. The zero-order valence-electron chi connectivity index (χ0n) is 25.7. The number of hydrogen-bond donors (Lipinski definition) is 3. The molecule has 3 heterocycles. The molecule has 12 nitrogen and oxygen atoms in total. The molecule has 3 N–H and O–H groups in total. The molecule has 1 aromatic carbocycles. The van der Waals surface area contributed by atoms with Crippen LogP contribution in [0.2, 0.25) is 0 Å². The number of benzene rings is 1. The number of nitrogens with zero attached hydrogens (tertiary/aromatic N) is 3. The number of likely N-dealkylation sites (tertiary alicyclic amines) is 2. The average Bonchev–Trinajstić information content (AvgIpc) is 3.00. The summed E-state index contributed by atoms with van der Waals surface area (Å²) in [6.07, 6.45) is 3.37. The van der Waals surface area contributed by atoms with Crippen molar-refractivity contribution >= 4 is 40.8 Å². The lowest BCUT2D eigenvalue weighted by molar-refractivity contribution is -0.145. The van der Waals surface area contributed by atoms with Crippen LogP contribution in [0.4, 0.5) is 17.1 Å². The molecule has 0 atom stereocenters. The van der Waals surface area contributed by atoms with E-state index in [0.29, 0.717) is 63.5 Å². The summed E-state index contributed by atoms with van der Waals surface area (Å²) in [4.78, 5) is 56.6. The van der Waals surface area contributed by atoms with Gasteiger partial charge in [0.1, 0.15) is 0 Å². The van der Waals surface area contributed by atoms with Crippen molar-refractivity contribution in [1.29, 1.82) is 0 Å². The molecule has 2 amide bonds. The number of nitrogens with one attached hydrogen (secondary N) is 3. The number of piperazine rings is 1. The molecule has 0 bridgehead atoms. The second-order valence-corrected chi connectivity index (χ2v) is 11.6. The standard InChI is InChI=1S/C31H48N6O6/c1-3-42-29(39)21-35-13-7-23(8-14-35)19-28(38)33-27-20-25(37-17-11-32-12-18-37)5-6-26(27)34-31(41)24-9-15-36(16-10-24)22-30(40)43-4-2/h5-6,20,23-24,32H,3-4,7-19,21-22H2,1-2H3,(H,33,38)(H,34,41). The fourth-order valence-corrected chi connectivity index (χ4v) is 6.04. The first-order chi connectivity index (χ1) is 20.8. The quantitative estimate of drug-likeness (QED) is 0.306. The maximum absolute atomic E-state index is 13.3. The smallest absolute Gasteiger partial charge is 0.320 e. The van der Waals surface area contributed by atoms with E-state index in [1.807, 2.05) is 23.1 Å². The SMILES string of the molecule is CCOC(=O)CN1CCC(CC(=O)Nc2cc(N3CCNCC3)ccc2NC(=O)C2CCN(CC(=O)OCC)CC2)CC1. The van der Waals surface area contributed by atoms with Crippen LogP contribution in [0.5, 0.6) is 0 Å². The lowest BCUT2D eigenvalue weighted by Crippen LogP contribution is -2.43. The Morgan fingerprint density at radius 3 is 1.95 bits per heavy atom. The number of carbonyl (C=O) groups excluding carboxylic acids is 4. The van der Waals surface area contributed by atoms with E-state index in [1.165, 1.54) is 0 Å². The van der Waals surface area contributed by atoms with Gasteiger partial charge < -0.3 is 30.3 Å². The van der Waals surface area contributed by atoms with Gasteiger partial charge in [-0.15, -0.1) is 0 Å². The Balaban J connectivity index is 1.35. The van der Waals surface area contributed by atoms with Crippen molar-refractivity contribution in [2.75, 3.05) is 94.2 Å². The van der Waals surface area contributed by atoms with E-state index in [2.05, 4.69) is 25.8 Å². The van der Waals surface area contributed by atoms with Crippen LogP contribution in [-0.4, -0.2) is 112 Å². The van der Waals surface area contributed by atoms with Gasteiger partial charge >= 0.3 is 11.9 Å². The van der Waals surface area contributed by atoms with Crippen molar-refractivity contribution in [2.24, 2.45) is 11.8 Å². The monoisotopic (exact) mass is 600 g/mol. The molecule has 0 spiro atoms. The zero-order chi connectivity index (χ0) is 30.6. The van der Waals surface area contributed by atoms with Crippen molar-refractivity contribution in [2.45, 2.75) is 46.0 Å². The Labute approximate surface area is 254 Å². The molecule has 3 saturated heterocycles. The van der Waals surface area contributed by atoms with Gasteiger partial charge in [0.15, 0.2) is 0 Å². The summed E-state index contributed by atoms with van der Waals surface area (Å²) >= 11 is 0. The summed E-state index contributed by atoms with van der Waals surface area (Å²) in [5.41, 5.74) is 2.21. The van der Waals surface area contributed by atoms with Crippen LogP contribution >= 0.6 is 0 Å². The maximum Gasteiger partial charge on any atom is 0.320 e. The summed E-state index contributed by atoms with van der Waals surface area (Å²) < 4.78 is 10.1. The highest BCUT2D eigenvalue weighted by molar-refractivity contribution is 6.01. The van der Waals surface area contributed by atoms with E-state index in [-0.39, 0.29) is 42.1 Å². The minimum Gasteiger partial charge on any atom is -0.465 e. The van der Waals surface area contributed by atoms with Gasteiger partial charge in [0, 0.05) is 44.2 Å². The Morgan fingerprint density at radius 2 is 1.37 bits per heavy atom. The van der Waals surface area contributed by atoms with E-state index in [9.17, 15) is 19.2 Å². The molecule has 0 unspecified atom stereocenters. The number of rotatable bonds is 12. The average molecular weight is 601 g/mol. The maximum atomic E-state index is 13.3. The lowest BCUT2D eigenvalue weighted by atomic mass is 9.93. The normalized spacial score (nSPS) is 19.1. The fraction of sp³-hybridized carbons (Fsp3) is 0.677. The molecule has 3 fully saturated rings. The van der Waals surface area contributed by atoms with Crippen molar-refractivity contribution < 1.29 is 28.7 Å². The molecule has 0 saturated carbocycles. The third kappa shape index (κ3) is 10.2. The molecule has 0 aliphatic carbocycles. The van der Waals surface area contributed by atoms with E-state index < -0.39 is 0 Å². The zero-order valence-corrected chi connectivity index (χ0v) is 25.7. The van der Waals surface area contributed by atoms with Crippen LogP contribution in [-0.2, 0) is 28.7 Å². The molecular formula is C31H48N6O6. The van der Waals surface area contributed by atoms with Gasteiger partial charge in [0.05, 0.1) is 37.7 Å². The highest BCUT2D eigenvalue weighted by Crippen LogP contribution is 2.31. The fourth-order valence-electron chi connectivity index (χ4n) is 6.04. The van der Waals surface area contributed by atoms with Crippen molar-refractivity contribution in [3.63, 3.8) is 0 Å². The molecule has 43 heavy (non-hydrogen) atoms. The molecule has 4 rings (SSSR count). The van der Waals surface area contributed by atoms with Gasteiger partial charge in [-0.3, -0.25) is 29.0 Å². The van der Waals surface area contributed by atoms with Crippen LogP contribution in [0, 0.1) is 11.8 Å². The Morgan fingerprint density at radius 1 is 0.791 bits per heavy atom. The number of ether oxygens (including phenoxy) is 2. The van der Waals surface area contributed by atoms with E-state index >= 15 is 0 Å². The van der Waals surface area contributed by atoms with Gasteiger partial charge in [0.2, 0.25) is 11.8 Å². The number of piperidine rings is 2. The van der Waals surface area contributed by atoms with E-state index in [0.717, 1.165) is 57.8 Å². The van der Waals surface area contributed by atoms with Gasteiger partial charge in [-0.2, -0.15) is 0 Å². The van der Waals surface area contributed by atoms with Crippen LogP contribution in [0.15, 0.2) is 18.2 Å². The molecule has 3 aliphatic heterocycles. The molecule has 0 aromatic heterocycles. The Hall–Kier alpha value is -3.22. The minimum absolute atomic E-state index is 0.0739. The Kier molecular flexibility index (Phi) is 12.6. The van der Waals surface area contributed by atoms with Gasteiger partial charge in [-0.1, -0.05) is 0 Å². The van der Waals surface area contributed by atoms with Crippen molar-refractivity contribution in [1.82, 2.24) is 15.1 Å². The van der Waals surface area contributed by atoms with Crippen LogP contribution < -0.4 is 20.9 Å². The topological polar surface area (TPSA) is 133 Å². The highest BCUT2D eigenvalue weighted by atomic mass is 16.5. The summed E-state index contributed by atoms with van der Waals surface area (Å²) in [5.74, 6) is -0.543. The molecule has 12 heteroatoms. The Bertz CT molecular complexity index is 1090. The molecule has 3 aliphatic rings. The minimum atomic E-state index is -0.238. The number of hydrogen-bond acceptors (Lipinski definition) is 10. The summed E-state index contributed by atoms with van der Waals surface area (Å²) in [5, 5.41) is 9.55. The number of esters is 2.